The van der Waals surface area contributed by atoms with Crippen molar-refractivity contribution < 1.29 is 29.0 Å². The summed E-state index contributed by atoms with van der Waals surface area (Å²) in [5, 5.41) is 14.5. The third kappa shape index (κ3) is 5.33. The number of hydrogen-bond donors (Lipinski definition) is 3. The lowest BCUT2D eigenvalue weighted by Crippen LogP contribution is -2.35. The summed E-state index contributed by atoms with van der Waals surface area (Å²) in [5.41, 5.74) is 4.70. The van der Waals surface area contributed by atoms with Crippen LogP contribution in [-0.2, 0) is 14.3 Å². The van der Waals surface area contributed by atoms with E-state index in [1.807, 2.05) is 36.4 Å². The normalized spacial score (nSPS) is 12.8. The highest BCUT2D eigenvalue weighted by Gasteiger charge is 2.29. The first-order valence-corrected chi connectivity index (χ1v) is 11.2. The third-order valence-corrected chi connectivity index (χ3v) is 6.01. The van der Waals surface area contributed by atoms with Gasteiger partial charge in [-0.15, -0.1) is 0 Å². The highest BCUT2D eigenvalue weighted by Crippen LogP contribution is 2.44. The van der Waals surface area contributed by atoms with Crippen LogP contribution in [-0.4, -0.2) is 49.4 Å². The van der Waals surface area contributed by atoms with E-state index in [1.54, 1.807) is 12.1 Å². The van der Waals surface area contributed by atoms with Crippen LogP contribution in [0.1, 0.15) is 33.8 Å². The maximum absolute atomic E-state index is 12.6. The van der Waals surface area contributed by atoms with E-state index >= 15 is 0 Å². The van der Waals surface area contributed by atoms with Gasteiger partial charge in [0.1, 0.15) is 12.7 Å². The number of alkyl carbamates (subject to hydrolysis) is 1. The van der Waals surface area contributed by atoms with Gasteiger partial charge in [-0.2, -0.15) is 0 Å². The molecule has 4 rings (SSSR count). The number of amides is 2. The molecule has 0 spiro atoms. The number of benzene rings is 3. The molecule has 1 aliphatic rings. The second-order valence-electron chi connectivity index (χ2n) is 8.11. The molecular weight excluding hydrogens is 448 g/mol. The average molecular weight is 475 g/mol. The molecule has 2 amide bonds. The van der Waals surface area contributed by atoms with Crippen molar-refractivity contribution in [1.82, 2.24) is 5.32 Å². The summed E-state index contributed by atoms with van der Waals surface area (Å²) >= 11 is 0. The molecule has 8 heteroatoms. The number of carbonyl (C=O) groups excluding carboxylic acids is 2. The van der Waals surface area contributed by atoms with Crippen molar-refractivity contribution in [3.8, 4) is 11.1 Å². The predicted octanol–water partition coefficient (Wildman–Crippen LogP) is 4.27. The number of nitrogens with one attached hydrogen (secondary N) is 2. The van der Waals surface area contributed by atoms with Gasteiger partial charge in [-0.25, -0.2) is 9.59 Å². The number of aromatic carboxylic acids is 1. The topological polar surface area (TPSA) is 114 Å². The fourth-order valence-corrected chi connectivity index (χ4v) is 4.30. The van der Waals surface area contributed by atoms with Gasteiger partial charge in [-0.3, -0.25) is 4.79 Å². The van der Waals surface area contributed by atoms with Crippen molar-refractivity contribution in [2.24, 2.45) is 0 Å². The quantitative estimate of drug-likeness (QED) is 0.427. The molecule has 0 saturated heterocycles. The van der Waals surface area contributed by atoms with Crippen LogP contribution in [0.5, 0.6) is 0 Å². The second kappa shape index (κ2) is 10.8. The molecule has 8 nitrogen and oxygen atoms in total. The lowest BCUT2D eigenvalue weighted by atomic mass is 9.98. The number of carbonyl (C=O) groups is 3. The standard InChI is InChI=1S/C27H26N2O6/c1-34-24(25(30)29-23-13-7-6-12-21(23)26(31)32)14-15-28-27(33)35-16-22-19-10-4-2-8-17(19)18-9-3-5-11-20(18)22/h2-13,22,24H,14-16H2,1H3,(H,28,33)(H,29,30)(H,31,32). The van der Waals surface area contributed by atoms with E-state index in [0.717, 1.165) is 22.3 Å². The SMILES string of the molecule is COC(CCNC(=O)OCC1c2ccccc2-c2ccccc21)C(=O)Nc1ccccc1C(=O)O. The fraction of sp³-hybridized carbons (Fsp3) is 0.222. The molecule has 180 valence electrons. The minimum Gasteiger partial charge on any atom is -0.478 e. The maximum Gasteiger partial charge on any atom is 0.407 e. The molecule has 1 atom stereocenters. The Kier molecular flexibility index (Phi) is 7.42. The first kappa shape index (κ1) is 24.0. The summed E-state index contributed by atoms with van der Waals surface area (Å²) in [5.74, 6) is -1.69. The van der Waals surface area contributed by atoms with Gasteiger partial charge in [-0.1, -0.05) is 60.7 Å². The smallest absolute Gasteiger partial charge is 0.407 e. The Labute approximate surface area is 202 Å². The number of hydrogen-bond acceptors (Lipinski definition) is 5. The largest absolute Gasteiger partial charge is 0.478 e. The molecule has 0 aliphatic heterocycles. The Balaban J connectivity index is 1.28. The van der Waals surface area contributed by atoms with Crippen molar-refractivity contribution >= 4 is 23.7 Å². The molecule has 0 saturated carbocycles. The van der Waals surface area contributed by atoms with Crippen LogP contribution in [0.15, 0.2) is 72.8 Å². The summed E-state index contributed by atoms with van der Waals surface area (Å²) in [4.78, 5) is 36.2. The molecule has 1 unspecified atom stereocenters. The van der Waals surface area contributed by atoms with Gasteiger partial charge in [0.15, 0.2) is 0 Å². The van der Waals surface area contributed by atoms with Crippen LogP contribution < -0.4 is 10.6 Å². The van der Waals surface area contributed by atoms with Crippen LogP contribution in [0.4, 0.5) is 10.5 Å². The number of carboxylic acids is 1. The summed E-state index contributed by atoms with van der Waals surface area (Å²) in [7, 11) is 1.38. The van der Waals surface area contributed by atoms with Gasteiger partial charge in [0.05, 0.1) is 11.3 Å². The van der Waals surface area contributed by atoms with E-state index in [4.69, 9.17) is 9.47 Å². The van der Waals surface area contributed by atoms with Crippen molar-refractivity contribution in [3.63, 3.8) is 0 Å². The lowest BCUT2D eigenvalue weighted by Gasteiger charge is -2.17. The number of methoxy groups -OCH3 is 1. The molecule has 3 aromatic carbocycles. The number of carboxylic acid groups (broad SMARTS) is 1. The van der Waals surface area contributed by atoms with E-state index < -0.39 is 24.1 Å². The Morgan fingerprint density at radius 1 is 0.914 bits per heavy atom. The van der Waals surface area contributed by atoms with E-state index in [-0.39, 0.29) is 36.7 Å². The van der Waals surface area contributed by atoms with E-state index in [9.17, 15) is 19.5 Å². The van der Waals surface area contributed by atoms with Crippen molar-refractivity contribution in [2.45, 2.75) is 18.4 Å². The number of ether oxygens (including phenoxy) is 2. The third-order valence-electron chi connectivity index (χ3n) is 6.01. The summed E-state index contributed by atoms with van der Waals surface area (Å²) in [6.45, 7) is 0.337. The zero-order valence-corrected chi connectivity index (χ0v) is 19.2. The van der Waals surface area contributed by atoms with Gasteiger partial charge < -0.3 is 25.2 Å². The predicted molar refractivity (Wildman–Crippen MR) is 131 cm³/mol. The Morgan fingerprint density at radius 2 is 1.51 bits per heavy atom. The van der Waals surface area contributed by atoms with Crippen molar-refractivity contribution in [3.05, 3.63) is 89.5 Å². The van der Waals surface area contributed by atoms with Gasteiger partial charge in [0.2, 0.25) is 0 Å². The van der Waals surface area contributed by atoms with Gasteiger partial charge in [-0.05, 0) is 34.4 Å². The monoisotopic (exact) mass is 474 g/mol. The lowest BCUT2D eigenvalue weighted by molar-refractivity contribution is -0.125. The molecule has 1 aliphatic carbocycles. The van der Waals surface area contributed by atoms with E-state index in [1.165, 1.54) is 19.2 Å². The minimum atomic E-state index is -1.15. The van der Waals surface area contributed by atoms with Crippen molar-refractivity contribution in [2.75, 3.05) is 25.6 Å². The van der Waals surface area contributed by atoms with E-state index in [0.29, 0.717) is 0 Å². The average Bonchev–Trinajstić information content (AvgIpc) is 3.19. The molecule has 35 heavy (non-hydrogen) atoms. The molecular formula is C27H26N2O6. The Morgan fingerprint density at radius 3 is 2.14 bits per heavy atom. The molecule has 0 radical (unpaired) electrons. The summed E-state index contributed by atoms with van der Waals surface area (Å²) < 4.78 is 10.7. The number of rotatable bonds is 9. The summed E-state index contributed by atoms with van der Waals surface area (Å²) in [6.07, 6.45) is -1.29. The zero-order valence-electron chi connectivity index (χ0n) is 19.2. The highest BCUT2D eigenvalue weighted by atomic mass is 16.5. The molecule has 0 fully saturated rings. The first-order valence-electron chi connectivity index (χ1n) is 11.2. The molecule has 3 N–H and O–H groups in total. The van der Waals surface area contributed by atoms with Crippen LogP contribution >= 0.6 is 0 Å². The number of para-hydroxylation sites is 1. The zero-order chi connectivity index (χ0) is 24.8. The van der Waals surface area contributed by atoms with Gasteiger partial charge in [0, 0.05) is 26.0 Å². The first-order chi connectivity index (χ1) is 17.0. The number of fused-ring (bicyclic) bond motifs is 3. The molecule has 0 aromatic heterocycles. The molecule has 0 bridgehead atoms. The van der Waals surface area contributed by atoms with Crippen LogP contribution in [0, 0.1) is 0 Å². The minimum absolute atomic E-state index is 0.0209. The second-order valence-corrected chi connectivity index (χ2v) is 8.11. The maximum atomic E-state index is 12.6. The van der Waals surface area contributed by atoms with E-state index in [2.05, 4.69) is 22.8 Å². The van der Waals surface area contributed by atoms with Crippen LogP contribution in [0.25, 0.3) is 11.1 Å². The Bertz CT molecular complexity index is 1200. The number of anilines is 1. The molecule has 0 heterocycles. The Hall–Kier alpha value is -4.17. The van der Waals surface area contributed by atoms with Crippen molar-refractivity contribution in [1.29, 1.82) is 0 Å². The van der Waals surface area contributed by atoms with Gasteiger partial charge >= 0.3 is 12.1 Å². The summed E-state index contributed by atoms with van der Waals surface area (Å²) in [6, 6.07) is 22.3. The van der Waals surface area contributed by atoms with Crippen LogP contribution in [0.3, 0.4) is 0 Å². The van der Waals surface area contributed by atoms with Crippen LogP contribution in [0.2, 0.25) is 0 Å². The molecule has 3 aromatic rings. The fourth-order valence-electron chi connectivity index (χ4n) is 4.30. The van der Waals surface area contributed by atoms with Gasteiger partial charge in [0.25, 0.3) is 5.91 Å². The highest BCUT2D eigenvalue weighted by molar-refractivity contribution is 6.01.